The second-order valence-corrected chi connectivity index (χ2v) is 23.4. The molecule has 2 aliphatic rings. The molecule has 2 unspecified atom stereocenters. The number of amides is 4. The van der Waals surface area contributed by atoms with Crippen molar-refractivity contribution in [3.8, 4) is 0 Å². The fraction of sp³-hybridized carbons (Fsp3) is 0.480. The predicted octanol–water partition coefficient (Wildman–Crippen LogP) is 3.32. The zero-order chi connectivity index (χ0) is 53.1. The van der Waals surface area contributed by atoms with Crippen LogP contribution in [0, 0.1) is 0 Å². The molecule has 0 bridgehead atoms. The third kappa shape index (κ3) is 18.4. The number of carbonyl (C=O) groups is 2. The number of carbonyl (C=O) groups excluding carboxylic acids is 2. The van der Waals surface area contributed by atoms with E-state index >= 15 is 0 Å². The standard InChI is InChI=1S/C50H66Cl4N8O10S2/c1-61-31-43(41-27-37(51)29-47(53)45(41)33-61)35-7-5-9-39(25-35)73(65,66)59-15-19-71-23-21-69-17-13-57-49(63)55-11-3-4-12-56-50(64)58-14-18-70-22-24-72-20-16-60-74(67,68)40-10-6-8-36(26-40)44-32-62(2)34-46-42(44)28-38(52)30-48(46)54/h5-10,25-30,43-44,59-60H,3-4,11-24,31-34H2,1-2H3,(H2,55,57,63)(H2,56,58,64)/p+2/t43-,44-/m0/s1. The zero-order valence-electron chi connectivity index (χ0n) is 41.6. The van der Waals surface area contributed by atoms with Gasteiger partial charge in [0, 0.05) is 60.4 Å². The lowest BCUT2D eigenvalue weighted by Crippen LogP contribution is -3.09. The Morgan fingerprint density at radius 1 is 0.514 bits per heavy atom. The highest BCUT2D eigenvalue weighted by atomic mass is 35.5. The van der Waals surface area contributed by atoms with Crippen LogP contribution in [0.3, 0.4) is 0 Å². The lowest BCUT2D eigenvalue weighted by Gasteiger charge is -2.31. The summed E-state index contributed by atoms with van der Waals surface area (Å²) in [5, 5.41) is 13.3. The molecular formula is C50H68Cl4N8O10S2+2. The highest BCUT2D eigenvalue weighted by molar-refractivity contribution is 7.89. The molecule has 0 saturated heterocycles. The third-order valence-electron chi connectivity index (χ3n) is 12.4. The summed E-state index contributed by atoms with van der Waals surface area (Å²) < 4.78 is 79.8. The van der Waals surface area contributed by atoms with Crippen molar-refractivity contribution in [3.05, 3.63) is 126 Å². The minimum absolute atomic E-state index is 0.0578. The maximum atomic E-state index is 13.1. The summed E-state index contributed by atoms with van der Waals surface area (Å²) in [4.78, 5) is 27.1. The maximum Gasteiger partial charge on any atom is 0.314 e. The van der Waals surface area contributed by atoms with E-state index in [1.807, 2.05) is 24.3 Å². The van der Waals surface area contributed by atoms with E-state index in [4.69, 9.17) is 65.4 Å². The molecule has 4 aromatic carbocycles. The molecule has 0 fully saturated rings. The largest absolute Gasteiger partial charge is 0.378 e. The van der Waals surface area contributed by atoms with Crippen molar-refractivity contribution >= 4 is 78.5 Å². The van der Waals surface area contributed by atoms with Crippen LogP contribution in [0.25, 0.3) is 0 Å². The van der Waals surface area contributed by atoms with Crippen molar-refractivity contribution in [2.45, 2.75) is 47.6 Å². The molecule has 4 amide bonds. The Hall–Kier alpha value is -3.84. The van der Waals surface area contributed by atoms with Crippen molar-refractivity contribution < 1.29 is 55.2 Å². The van der Waals surface area contributed by atoms with E-state index in [0.717, 1.165) is 59.6 Å². The summed E-state index contributed by atoms with van der Waals surface area (Å²) in [6.07, 6.45) is 1.31. The summed E-state index contributed by atoms with van der Waals surface area (Å²) in [6, 6.07) is 20.5. The second kappa shape index (κ2) is 29.6. The lowest BCUT2D eigenvalue weighted by atomic mass is 9.85. The molecule has 0 spiro atoms. The minimum atomic E-state index is -3.79. The SMILES string of the molecule is C[NH+]1Cc2c(Cl)cc(Cl)cc2[C@H](c2cccc(S(=O)(=O)NCCOCCOCCNC(=O)NCCCCNC(=O)NCCOCCOCCNS(=O)(=O)c3cccc([C@@H]4C[NH+](C)Cc5c(Cl)cc(Cl)cc54)c3)c2)C1. The Morgan fingerprint density at radius 3 is 1.27 bits per heavy atom. The second-order valence-electron chi connectivity index (χ2n) is 18.2. The molecule has 74 heavy (non-hydrogen) atoms. The van der Waals surface area contributed by atoms with Gasteiger partial charge in [-0.2, -0.15) is 0 Å². The van der Waals surface area contributed by atoms with E-state index in [2.05, 4.69) is 44.8 Å². The number of ether oxygens (including phenoxy) is 4. The Balaban J connectivity index is 0.707. The number of rotatable bonds is 29. The smallest absolute Gasteiger partial charge is 0.314 e. The van der Waals surface area contributed by atoms with Crippen LogP contribution in [0.1, 0.15) is 58.1 Å². The Bertz CT molecular complexity index is 2550. The number of benzene rings is 4. The Morgan fingerprint density at radius 2 is 0.878 bits per heavy atom. The fourth-order valence-corrected chi connectivity index (χ4v) is 12.1. The molecule has 0 aliphatic carbocycles. The fourth-order valence-electron chi connectivity index (χ4n) is 8.86. The average molecular weight is 1150 g/mol. The molecule has 2 heterocycles. The molecule has 0 saturated carbocycles. The predicted molar refractivity (Wildman–Crippen MR) is 286 cm³/mol. The molecule has 4 atom stereocenters. The number of likely N-dealkylation sites (N-methyl/N-ethyl adjacent to an activating group) is 2. The van der Waals surface area contributed by atoms with Gasteiger partial charge in [-0.1, -0.05) is 70.7 Å². The van der Waals surface area contributed by atoms with Crippen molar-refractivity contribution in [3.63, 3.8) is 0 Å². The quantitative estimate of drug-likeness (QED) is 0.0371. The molecule has 0 radical (unpaired) electrons. The van der Waals surface area contributed by atoms with Gasteiger partial charge in [-0.15, -0.1) is 0 Å². The van der Waals surface area contributed by atoms with Gasteiger partial charge in [0.1, 0.15) is 13.1 Å². The molecule has 8 N–H and O–H groups in total. The summed E-state index contributed by atoms with van der Waals surface area (Å²) >= 11 is 25.7. The first-order chi connectivity index (χ1) is 35.5. The molecule has 406 valence electrons. The van der Waals surface area contributed by atoms with Gasteiger partial charge in [0.05, 0.1) is 112 Å². The van der Waals surface area contributed by atoms with E-state index in [1.54, 1.807) is 48.5 Å². The number of hydrogen-bond acceptors (Lipinski definition) is 10. The van der Waals surface area contributed by atoms with Crippen molar-refractivity contribution in [1.82, 2.24) is 30.7 Å². The van der Waals surface area contributed by atoms with Crippen LogP contribution in [0.2, 0.25) is 20.1 Å². The van der Waals surface area contributed by atoms with Crippen LogP contribution in [0.15, 0.2) is 82.6 Å². The molecule has 24 heteroatoms. The van der Waals surface area contributed by atoms with Crippen LogP contribution < -0.4 is 40.5 Å². The molecule has 4 aromatic rings. The first-order valence-electron chi connectivity index (χ1n) is 24.6. The number of fused-ring (bicyclic) bond motifs is 2. The zero-order valence-corrected chi connectivity index (χ0v) is 46.3. The summed E-state index contributed by atoms with van der Waals surface area (Å²) in [5.41, 5.74) is 5.83. The summed E-state index contributed by atoms with van der Waals surface area (Å²) in [7, 11) is -3.41. The molecule has 2 aliphatic heterocycles. The van der Waals surface area contributed by atoms with Gasteiger partial charge < -0.3 is 50.0 Å². The van der Waals surface area contributed by atoms with Crippen LogP contribution in [0.4, 0.5) is 9.59 Å². The number of urea groups is 2. The summed E-state index contributed by atoms with van der Waals surface area (Å²) in [5.74, 6) is -0.116. The van der Waals surface area contributed by atoms with Gasteiger partial charge in [-0.3, -0.25) is 0 Å². The van der Waals surface area contributed by atoms with Crippen LogP contribution in [-0.2, 0) is 52.1 Å². The van der Waals surface area contributed by atoms with Crippen molar-refractivity contribution in [1.29, 1.82) is 0 Å². The summed E-state index contributed by atoms with van der Waals surface area (Å²) in [6.45, 7) is 6.56. The van der Waals surface area contributed by atoms with Crippen molar-refractivity contribution in [2.75, 3.05) is 119 Å². The van der Waals surface area contributed by atoms with Gasteiger partial charge in [-0.05, 0) is 83.6 Å². The van der Waals surface area contributed by atoms with Gasteiger partial charge in [0.15, 0.2) is 0 Å². The van der Waals surface area contributed by atoms with Crippen LogP contribution in [-0.4, -0.2) is 148 Å². The van der Waals surface area contributed by atoms with E-state index < -0.39 is 20.0 Å². The molecule has 0 aromatic heterocycles. The number of sulfonamides is 2. The maximum absolute atomic E-state index is 13.1. The molecular weight excluding hydrogens is 1080 g/mol. The van der Waals surface area contributed by atoms with Crippen LogP contribution >= 0.6 is 46.4 Å². The van der Waals surface area contributed by atoms with Gasteiger partial charge in [-0.25, -0.2) is 35.9 Å². The topological polar surface area (TPSA) is 220 Å². The number of unbranched alkanes of at least 4 members (excludes halogenated alkanes) is 1. The van der Waals surface area contributed by atoms with Gasteiger partial charge in [0.25, 0.3) is 0 Å². The number of hydrogen-bond donors (Lipinski definition) is 8. The lowest BCUT2D eigenvalue weighted by molar-refractivity contribution is -0.897. The highest BCUT2D eigenvalue weighted by Crippen LogP contribution is 2.37. The molecule has 6 rings (SSSR count). The first kappa shape index (κ1) is 59.4. The van der Waals surface area contributed by atoms with E-state index in [0.29, 0.717) is 46.0 Å². The van der Waals surface area contributed by atoms with E-state index in [9.17, 15) is 26.4 Å². The van der Waals surface area contributed by atoms with Gasteiger partial charge in [0.2, 0.25) is 20.0 Å². The Labute approximate surface area is 454 Å². The monoisotopic (exact) mass is 1140 g/mol. The Kier molecular flexibility index (Phi) is 23.8. The number of halogens is 4. The van der Waals surface area contributed by atoms with Crippen molar-refractivity contribution in [2.24, 2.45) is 0 Å². The number of quaternary nitrogens is 2. The van der Waals surface area contributed by atoms with Gasteiger partial charge >= 0.3 is 12.1 Å². The number of nitrogens with one attached hydrogen (secondary N) is 8. The molecule has 18 nitrogen and oxygen atoms in total. The normalized spacial score (nSPS) is 17.5. The highest BCUT2D eigenvalue weighted by Gasteiger charge is 2.32. The minimum Gasteiger partial charge on any atom is -0.378 e. The van der Waals surface area contributed by atoms with Crippen LogP contribution in [0.5, 0.6) is 0 Å². The average Bonchev–Trinajstić information content (AvgIpc) is 3.36. The third-order valence-corrected chi connectivity index (χ3v) is 16.4. The van der Waals surface area contributed by atoms with E-state index in [1.165, 1.54) is 9.80 Å². The first-order valence-corrected chi connectivity index (χ1v) is 29.1. The van der Waals surface area contributed by atoms with E-state index in [-0.39, 0.29) is 113 Å².